The fourth-order valence-electron chi connectivity index (χ4n) is 3.42. The molecule has 0 aromatic heterocycles. The van der Waals surface area contributed by atoms with E-state index in [2.05, 4.69) is 5.32 Å². The molecule has 0 saturated heterocycles. The molecule has 0 spiro atoms. The number of nitrogens with one attached hydrogen (secondary N) is 1. The maximum absolute atomic E-state index is 13.6. The molecule has 142 valence electrons. The third-order valence-corrected chi connectivity index (χ3v) is 5.06. The molecular weight excluding hydrogens is 376 g/mol. The molecule has 3 rings (SSSR count). The zero-order valence-electron chi connectivity index (χ0n) is 14.4. The molecule has 7 heteroatoms. The Morgan fingerprint density at radius 2 is 1.63 bits per heavy atom. The van der Waals surface area contributed by atoms with Gasteiger partial charge >= 0.3 is 5.97 Å². The molecule has 2 aromatic rings. The highest BCUT2D eigenvalue weighted by Gasteiger charge is 2.44. The van der Waals surface area contributed by atoms with Crippen LogP contribution in [0.3, 0.4) is 0 Å². The van der Waals surface area contributed by atoms with Crippen LogP contribution in [-0.4, -0.2) is 18.5 Å². The first-order valence-electron chi connectivity index (χ1n) is 8.59. The molecule has 0 aliphatic heterocycles. The summed E-state index contributed by atoms with van der Waals surface area (Å²) in [5, 5.41) is 2.66. The molecule has 1 aliphatic carbocycles. The van der Waals surface area contributed by atoms with Gasteiger partial charge in [-0.25, -0.2) is 8.78 Å². The van der Waals surface area contributed by atoms with E-state index in [-0.39, 0.29) is 0 Å². The highest BCUT2D eigenvalue weighted by Crippen LogP contribution is 2.42. The predicted molar refractivity (Wildman–Crippen MR) is 97.5 cm³/mol. The van der Waals surface area contributed by atoms with Crippen molar-refractivity contribution in [1.82, 2.24) is 0 Å². The van der Waals surface area contributed by atoms with Crippen LogP contribution in [0, 0.1) is 11.6 Å². The Morgan fingerprint density at radius 3 is 2.22 bits per heavy atom. The average molecular weight is 394 g/mol. The van der Waals surface area contributed by atoms with Crippen LogP contribution in [0.2, 0.25) is 5.02 Å². The third-order valence-electron chi connectivity index (χ3n) is 4.81. The van der Waals surface area contributed by atoms with Gasteiger partial charge in [-0.2, -0.15) is 0 Å². The molecule has 0 unspecified atom stereocenters. The van der Waals surface area contributed by atoms with Gasteiger partial charge in [0, 0.05) is 5.02 Å². The van der Waals surface area contributed by atoms with Gasteiger partial charge in [0.1, 0.15) is 17.3 Å². The van der Waals surface area contributed by atoms with Crippen molar-refractivity contribution < 1.29 is 23.1 Å². The zero-order valence-corrected chi connectivity index (χ0v) is 15.2. The first kappa shape index (κ1) is 19.3. The molecule has 1 N–H and O–H groups in total. The second-order valence-corrected chi connectivity index (χ2v) is 6.95. The van der Waals surface area contributed by atoms with Gasteiger partial charge in [0.15, 0.2) is 6.61 Å². The highest BCUT2D eigenvalue weighted by atomic mass is 35.5. The van der Waals surface area contributed by atoms with Crippen molar-refractivity contribution in [3.63, 3.8) is 0 Å². The lowest BCUT2D eigenvalue weighted by Crippen LogP contribution is -2.36. The molecule has 0 radical (unpaired) electrons. The summed E-state index contributed by atoms with van der Waals surface area (Å²) in [5.74, 6) is -3.13. The van der Waals surface area contributed by atoms with Gasteiger partial charge in [-0.05, 0) is 42.7 Å². The van der Waals surface area contributed by atoms with Gasteiger partial charge in [-0.15, -0.1) is 0 Å². The molecule has 0 bridgehead atoms. The monoisotopic (exact) mass is 393 g/mol. The lowest BCUT2D eigenvalue weighted by Gasteiger charge is -2.27. The molecule has 0 atom stereocenters. The summed E-state index contributed by atoms with van der Waals surface area (Å²) in [7, 11) is 0. The topological polar surface area (TPSA) is 55.4 Å². The van der Waals surface area contributed by atoms with Gasteiger partial charge in [0.05, 0.1) is 5.41 Å². The van der Waals surface area contributed by atoms with Gasteiger partial charge < -0.3 is 10.1 Å². The number of carbonyl (C=O) groups excluding carboxylic acids is 2. The van der Waals surface area contributed by atoms with E-state index in [1.165, 1.54) is 6.07 Å². The lowest BCUT2D eigenvalue weighted by atomic mass is 9.79. The highest BCUT2D eigenvalue weighted by molar-refractivity contribution is 6.30. The summed E-state index contributed by atoms with van der Waals surface area (Å²) in [6, 6.07) is 10.2. The van der Waals surface area contributed by atoms with E-state index in [4.69, 9.17) is 16.3 Å². The van der Waals surface area contributed by atoms with Crippen molar-refractivity contribution in [1.29, 1.82) is 0 Å². The number of benzene rings is 2. The minimum Gasteiger partial charge on any atom is -0.455 e. The molecule has 0 heterocycles. The Morgan fingerprint density at radius 1 is 1.04 bits per heavy atom. The number of rotatable bonds is 5. The van der Waals surface area contributed by atoms with Crippen LogP contribution in [0.15, 0.2) is 42.5 Å². The third kappa shape index (κ3) is 4.11. The quantitative estimate of drug-likeness (QED) is 0.754. The SMILES string of the molecule is O=C(COC(=O)C1(c2ccc(Cl)cc2)CCCC1)Nc1c(F)cccc1F. The molecular formula is C20H18ClF2NO3. The maximum Gasteiger partial charge on any atom is 0.317 e. The molecule has 1 aliphatic rings. The van der Waals surface area contributed by atoms with E-state index in [1.807, 2.05) is 0 Å². The van der Waals surface area contributed by atoms with Crippen LogP contribution >= 0.6 is 11.6 Å². The van der Waals surface area contributed by atoms with Crippen molar-refractivity contribution in [2.24, 2.45) is 0 Å². The van der Waals surface area contributed by atoms with Crippen LogP contribution in [-0.2, 0) is 19.7 Å². The predicted octanol–water partition coefficient (Wildman–Crippen LogP) is 4.61. The Balaban J connectivity index is 1.68. The number of esters is 1. The van der Waals surface area contributed by atoms with E-state index in [0.29, 0.717) is 17.9 Å². The number of amides is 1. The average Bonchev–Trinajstić information content (AvgIpc) is 3.14. The number of ether oxygens (including phenoxy) is 1. The van der Waals surface area contributed by atoms with Gasteiger partial charge in [-0.3, -0.25) is 9.59 Å². The number of carbonyl (C=O) groups is 2. The molecule has 2 aromatic carbocycles. The zero-order chi connectivity index (χ0) is 19.4. The summed E-state index contributed by atoms with van der Waals surface area (Å²) >= 11 is 5.92. The Kier molecular flexibility index (Phi) is 5.75. The Hall–Kier alpha value is -2.47. The van der Waals surface area contributed by atoms with Crippen molar-refractivity contribution in [3.8, 4) is 0 Å². The Labute approximate surface area is 160 Å². The number of anilines is 1. The van der Waals surface area contributed by atoms with Gasteiger partial charge in [0.2, 0.25) is 0 Å². The van der Waals surface area contributed by atoms with Gasteiger partial charge in [0.25, 0.3) is 5.91 Å². The smallest absolute Gasteiger partial charge is 0.317 e. The number of hydrogen-bond donors (Lipinski definition) is 1. The second kappa shape index (κ2) is 8.05. The lowest BCUT2D eigenvalue weighted by molar-refractivity contribution is -0.153. The van der Waals surface area contributed by atoms with Crippen LogP contribution in [0.1, 0.15) is 31.2 Å². The normalized spacial score (nSPS) is 15.4. The Bertz CT molecular complexity index is 829. The van der Waals surface area contributed by atoms with Crippen molar-refractivity contribution in [2.45, 2.75) is 31.1 Å². The fraction of sp³-hybridized carbons (Fsp3) is 0.300. The first-order chi connectivity index (χ1) is 12.9. The van der Waals surface area contributed by atoms with E-state index in [9.17, 15) is 18.4 Å². The minimum absolute atomic E-state index is 0.522. The summed E-state index contributed by atoms with van der Waals surface area (Å²) in [4.78, 5) is 24.7. The van der Waals surface area contributed by atoms with Crippen molar-refractivity contribution in [3.05, 3.63) is 64.7 Å². The maximum atomic E-state index is 13.6. The number of hydrogen-bond acceptors (Lipinski definition) is 3. The van der Waals surface area contributed by atoms with E-state index in [1.54, 1.807) is 24.3 Å². The van der Waals surface area contributed by atoms with Crippen molar-refractivity contribution >= 4 is 29.2 Å². The molecule has 4 nitrogen and oxygen atoms in total. The molecule has 1 amide bonds. The summed E-state index contributed by atoms with van der Waals surface area (Å²) in [5.41, 5.74) is -0.601. The number of para-hydroxylation sites is 1. The fourth-order valence-corrected chi connectivity index (χ4v) is 3.55. The summed E-state index contributed by atoms with van der Waals surface area (Å²) in [6.45, 7) is -0.623. The van der Waals surface area contributed by atoms with Crippen molar-refractivity contribution in [2.75, 3.05) is 11.9 Å². The van der Waals surface area contributed by atoms with Crippen LogP contribution in [0.25, 0.3) is 0 Å². The standard InChI is InChI=1S/C20H18ClF2NO3/c21-14-8-6-13(7-9-14)20(10-1-2-11-20)19(26)27-12-17(25)24-18-15(22)4-3-5-16(18)23/h3-9H,1-2,10-12H2,(H,24,25). The van der Waals surface area contributed by atoms with Gasteiger partial charge in [-0.1, -0.05) is 42.6 Å². The van der Waals surface area contributed by atoms with E-state index < -0.39 is 41.2 Å². The van der Waals surface area contributed by atoms with Crippen LogP contribution in [0.5, 0.6) is 0 Å². The van der Waals surface area contributed by atoms with E-state index in [0.717, 1.165) is 30.5 Å². The second-order valence-electron chi connectivity index (χ2n) is 6.52. The molecule has 27 heavy (non-hydrogen) atoms. The molecule has 1 fully saturated rings. The van der Waals surface area contributed by atoms with Crippen LogP contribution in [0.4, 0.5) is 14.5 Å². The first-order valence-corrected chi connectivity index (χ1v) is 8.97. The van der Waals surface area contributed by atoms with E-state index >= 15 is 0 Å². The minimum atomic E-state index is -0.900. The number of halogens is 3. The van der Waals surface area contributed by atoms with Crippen LogP contribution < -0.4 is 5.32 Å². The molecule has 1 saturated carbocycles. The summed E-state index contributed by atoms with van der Waals surface area (Å²) < 4.78 is 32.4. The summed E-state index contributed by atoms with van der Waals surface area (Å²) in [6.07, 6.45) is 2.95. The largest absolute Gasteiger partial charge is 0.455 e.